The molecule has 0 fully saturated rings. The molecule has 266 valence electrons. The van der Waals surface area contributed by atoms with Crippen LogP contribution in [0.3, 0.4) is 0 Å². The van der Waals surface area contributed by atoms with Crippen molar-refractivity contribution in [3.8, 4) is 5.75 Å². The lowest BCUT2D eigenvalue weighted by Crippen LogP contribution is -2.59. The second kappa shape index (κ2) is 18.7. The third-order valence-corrected chi connectivity index (χ3v) is 8.21. The molecule has 51 heavy (non-hydrogen) atoms. The van der Waals surface area contributed by atoms with Crippen molar-refractivity contribution in [3.05, 3.63) is 138 Å². The summed E-state index contributed by atoms with van der Waals surface area (Å²) in [4.78, 5) is 66.0. The Balaban J connectivity index is 1.50. The second-order valence-electron chi connectivity index (χ2n) is 12.3. The zero-order valence-corrected chi connectivity index (χ0v) is 28.2. The summed E-state index contributed by atoms with van der Waals surface area (Å²) in [5.74, 6) is -3.87. The van der Waals surface area contributed by atoms with Crippen molar-refractivity contribution in [2.24, 2.45) is 5.73 Å². The number of phenols is 1. The molecule has 5 atom stereocenters. The predicted molar refractivity (Wildman–Crippen MR) is 191 cm³/mol. The molecule has 0 aliphatic rings. The summed E-state index contributed by atoms with van der Waals surface area (Å²) in [6.07, 6.45) is 0.286. The number of phenolic OH excluding ortho intramolecular Hbond substituents is 1. The Kier molecular flexibility index (Phi) is 13.8. The first-order chi connectivity index (χ1) is 24.5. The number of aromatic hydroxyl groups is 1. The Morgan fingerprint density at radius 3 is 1.33 bits per heavy atom. The van der Waals surface area contributed by atoms with Gasteiger partial charge in [0.05, 0.1) is 6.04 Å². The van der Waals surface area contributed by atoms with Crippen molar-refractivity contribution in [2.75, 3.05) is 0 Å². The van der Waals surface area contributed by atoms with Gasteiger partial charge in [-0.05, 0) is 47.7 Å². The number of nitrogens with two attached hydrogens (primary N) is 1. The monoisotopic (exact) mass is 693 g/mol. The molecular weight excluding hydrogens is 650 g/mol. The highest BCUT2D eigenvalue weighted by Gasteiger charge is 2.31. The number of amides is 4. The minimum Gasteiger partial charge on any atom is -0.508 e. The van der Waals surface area contributed by atoms with Gasteiger partial charge in [0.1, 0.15) is 29.9 Å². The van der Waals surface area contributed by atoms with E-state index in [1.807, 2.05) is 36.4 Å². The fraction of sp³-hybridized carbons (Fsp3) is 0.256. The van der Waals surface area contributed by atoms with E-state index < -0.39 is 59.8 Å². The number of carboxylic acid groups (broad SMARTS) is 1. The van der Waals surface area contributed by atoms with E-state index in [0.29, 0.717) is 11.1 Å². The fourth-order valence-electron chi connectivity index (χ4n) is 5.37. The van der Waals surface area contributed by atoms with Crippen LogP contribution in [0, 0.1) is 0 Å². The topological polar surface area (TPSA) is 200 Å². The average Bonchev–Trinajstić information content (AvgIpc) is 3.12. The highest BCUT2D eigenvalue weighted by molar-refractivity contribution is 5.95. The van der Waals surface area contributed by atoms with Crippen molar-refractivity contribution in [1.29, 1.82) is 0 Å². The third kappa shape index (κ3) is 12.1. The maximum atomic E-state index is 13.9. The summed E-state index contributed by atoms with van der Waals surface area (Å²) in [5.41, 5.74) is 8.96. The number of nitrogens with one attached hydrogen (secondary N) is 4. The maximum absolute atomic E-state index is 13.9. The molecule has 0 aliphatic carbocycles. The van der Waals surface area contributed by atoms with Crippen LogP contribution in [-0.4, -0.2) is 70.0 Å². The first kappa shape index (κ1) is 37.8. The van der Waals surface area contributed by atoms with E-state index in [1.165, 1.54) is 19.1 Å². The Bertz CT molecular complexity index is 1760. The number of carbonyl (C=O) groups is 5. The number of aliphatic carboxylic acids is 1. The van der Waals surface area contributed by atoms with Gasteiger partial charge in [-0.1, -0.05) is 103 Å². The molecule has 0 radical (unpaired) electrons. The summed E-state index contributed by atoms with van der Waals surface area (Å²) in [6, 6.07) is 27.3. The van der Waals surface area contributed by atoms with Crippen molar-refractivity contribution in [3.63, 3.8) is 0 Å². The minimum atomic E-state index is -1.34. The van der Waals surface area contributed by atoms with E-state index in [2.05, 4.69) is 21.3 Å². The van der Waals surface area contributed by atoms with Gasteiger partial charge >= 0.3 is 5.97 Å². The van der Waals surface area contributed by atoms with E-state index in [-0.39, 0.29) is 31.4 Å². The number of hydrogen-bond donors (Lipinski definition) is 7. The number of carboxylic acids is 1. The molecule has 8 N–H and O–H groups in total. The lowest BCUT2D eigenvalue weighted by Gasteiger charge is -2.26. The lowest BCUT2D eigenvalue weighted by atomic mass is 10.0. The van der Waals surface area contributed by atoms with Crippen molar-refractivity contribution in [1.82, 2.24) is 21.3 Å². The number of benzene rings is 4. The molecule has 12 heteroatoms. The molecule has 0 unspecified atom stereocenters. The molecule has 0 aromatic heterocycles. The number of carbonyl (C=O) groups excluding carboxylic acids is 4. The zero-order chi connectivity index (χ0) is 36.8. The fourth-order valence-corrected chi connectivity index (χ4v) is 5.37. The lowest BCUT2D eigenvalue weighted by molar-refractivity contribution is -0.142. The third-order valence-electron chi connectivity index (χ3n) is 8.21. The molecule has 0 aliphatic heterocycles. The van der Waals surface area contributed by atoms with Crippen LogP contribution in [-0.2, 0) is 49.7 Å². The SMILES string of the molecule is C[C@H](NC(=O)[C@@H](N)Cc1ccccc1)C(=O)N[C@@H](Cc1ccccc1)C(=O)N[C@@H](Cc1ccccc1)C(=O)N[C@@H](Cc1ccc(O)cc1)C(=O)O. The Hall–Kier alpha value is -6.01. The highest BCUT2D eigenvalue weighted by Crippen LogP contribution is 2.13. The largest absolute Gasteiger partial charge is 0.508 e. The van der Waals surface area contributed by atoms with E-state index in [9.17, 15) is 34.2 Å². The van der Waals surface area contributed by atoms with Gasteiger partial charge in [0.2, 0.25) is 23.6 Å². The molecule has 4 aromatic carbocycles. The molecular formula is C39H43N5O7. The van der Waals surface area contributed by atoms with E-state index in [0.717, 1.165) is 11.1 Å². The van der Waals surface area contributed by atoms with Crippen molar-refractivity contribution in [2.45, 2.75) is 62.8 Å². The summed E-state index contributed by atoms with van der Waals surface area (Å²) in [7, 11) is 0. The summed E-state index contributed by atoms with van der Waals surface area (Å²) < 4.78 is 0. The molecule has 12 nitrogen and oxygen atoms in total. The van der Waals surface area contributed by atoms with Crippen LogP contribution in [0.2, 0.25) is 0 Å². The quantitative estimate of drug-likeness (QED) is 0.0871. The van der Waals surface area contributed by atoms with Crippen molar-refractivity contribution >= 4 is 29.6 Å². The Morgan fingerprint density at radius 2 is 0.882 bits per heavy atom. The second-order valence-corrected chi connectivity index (χ2v) is 12.3. The summed E-state index contributed by atoms with van der Waals surface area (Å²) >= 11 is 0. The number of hydrogen-bond acceptors (Lipinski definition) is 7. The van der Waals surface area contributed by atoms with E-state index >= 15 is 0 Å². The van der Waals surface area contributed by atoms with Crippen LogP contribution in [0.1, 0.15) is 29.2 Å². The van der Waals surface area contributed by atoms with Gasteiger partial charge in [0.25, 0.3) is 0 Å². The molecule has 0 saturated carbocycles. The Labute approximate surface area is 296 Å². The van der Waals surface area contributed by atoms with Crippen LogP contribution in [0.5, 0.6) is 5.75 Å². The minimum absolute atomic E-state index is 0.0147. The van der Waals surface area contributed by atoms with Gasteiger partial charge in [-0.25, -0.2) is 4.79 Å². The van der Waals surface area contributed by atoms with Crippen LogP contribution in [0.15, 0.2) is 115 Å². The normalized spacial score (nSPS) is 13.8. The van der Waals surface area contributed by atoms with Crippen LogP contribution < -0.4 is 27.0 Å². The van der Waals surface area contributed by atoms with E-state index in [4.69, 9.17) is 5.73 Å². The molecule has 4 aromatic rings. The van der Waals surface area contributed by atoms with Gasteiger partial charge in [0.15, 0.2) is 0 Å². The zero-order valence-electron chi connectivity index (χ0n) is 28.2. The number of rotatable bonds is 17. The Morgan fingerprint density at radius 1 is 0.510 bits per heavy atom. The van der Waals surface area contributed by atoms with Gasteiger partial charge < -0.3 is 37.2 Å². The van der Waals surface area contributed by atoms with Gasteiger partial charge in [-0.2, -0.15) is 0 Å². The van der Waals surface area contributed by atoms with Crippen molar-refractivity contribution < 1.29 is 34.2 Å². The molecule has 0 saturated heterocycles. The average molecular weight is 694 g/mol. The predicted octanol–water partition coefficient (Wildman–Crippen LogP) is 2.03. The first-order valence-electron chi connectivity index (χ1n) is 16.6. The first-order valence-corrected chi connectivity index (χ1v) is 16.6. The van der Waals surface area contributed by atoms with Gasteiger partial charge in [-0.3, -0.25) is 19.2 Å². The molecule has 0 spiro atoms. The summed E-state index contributed by atoms with van der Waals surface area (Å²) in [6.45, 7) is 1.48. The molecule has 0 heterocycles. The smallest absolute Gasteiger partial charge is 0.326 e. The van der Waals surface area contributed by atoms with Gasteiger partial charge in [-0.15, -0.1) is 0 Å². The van der Waals surface area contributed by atoms with Crippen LogP contribution in [0.4, 0.5) is 0 Å². The molecule has 4 rings (SSSR count). The van der Waals surface area contributed by atoms with Gasteiger partial charge in [0, 0.05) is 19.3 Å². The summed E-state index contributed by atoms with van der Waals surface area (Å²) in [5, 5.41) is 30.1. The standard InChI is InChI=1S/C39H43N5O7/c1-25(41-36(47)31(40)21-26-11-5-2-6-12-26)35(46)42-32(22-27-13-7-3-8-14-27)37(48)43-33(23-28-15-9-4-10-16-28)38(49)44-34(39(50)51)24-29-17-19-30(45)20-18-29/h2-20,25,31-34,45H,21-24,40H2,1H3,(H,41,47)(H,42,46)(H,43,48)(H,44,49)(H,50,51)/t25-,31-,32-,33-,34-/m0/s1. The van der Waals surface area contributed by atoms with Crippen LogP contribution in [0.25, 0.3) is 0 Å². The van der Waals surface area contributed by atoms with E-state index in [1.54, 1.807) is 66.7 Å². The molecule has 4 amide bonds. The maximum Gasteiger partial charge on any atom is 0.326 e. The van der Waals surface area contributed by atoms with Crippen LogP contribution >= 0.6 is 0 Å². The highest BCUT2D eigenvalue weighted by atomic mass is 16.4. The molecule has 0 bridgehead atoms.